The summed E-state index contributed by atoms with van der Waals surface area (Å²) in [6.45, 7) is 0.559. The van der Waals surface area contributed by atoms with Gasteiger partial charge in [-0.25, -0.2) is 21.6 Å². The van der Waals surface area contributed by atoms with E-state index in [4.69, 9.17) is 0 Å². The predicted molar refractivity (Wildman–Crippen MR) is 122 cm³/mol. The third-order valence-corrected chi connectivity index (χ3v) is 9.12. The molecule has 9 heteroatoms. The molecule has 2 aromatic carbocycles. The lowest BCUT2D eigenvalue weighted by Gasteiger charge is -2.39. The SMILES string of the molecule is O=C(NCC1(c2ccc(F)cc2)CCCCC1)C1CCN(S(=O)(=O)c2cc(F)ccc2F)CC1. The summed E-state index contributed by atoms with van der Waals surface area (Å²) in [6, 6.07) is 8.84. The molecule has 1 heterocycles. The van der Waals surface area contributed by atoms with Gasteiger partial charge in [-0.2, -0.15) is 4.31 Å². The molecule has 0 spiro atoms. The van der Waals surface area contributed by atoms with Gasteiger partial charge in [0.15, 0.2) is 0 Å². The van der Waals surface area contributed by atoms with Gasteiger partial charge in [-0.3, -0.25) is 4.79 Å². The van der Waals surface area contributed by atoms with Crippen LogP contribution in [0.15, 0.2) is 47.4 Å². The Labute approximate surface area is 198 Å². The summed E-state index contributed by atoms with van der Waals surface area (Å²) in [7, 11) is -4.19. The first-order chi connectivity index (χ1) is 16.2. The van der Waals surface area contributed by atoms with E-state index in [2.05, 4.69) is 5.32 Å². The van der Waals surface area contributed by atoms with Crippen molar-refractivity contribution in [1.29, 1.82) is 0 Å². The summed E-state index contributed by atoms with van der Waals surface area (Å²) in [5.74, 6) is -2.62. The van der Waals surface area contributed by atoms with Crippen LogP contribution in [0.3, 0.4) is 0 Å². The van der Waals surface area contributed by atoms with E-state index >= 15 is 0 Å². The van der Waals surface area contributed by atoms with E-state index < -0.39 is 26.6 Å². The third-order valence-electron chi connectivity index (χ3n) is 7.20. The van der Waals surface area contributed by atoms with Gasteiger partial charge in [-0.15, -0.1) is 0 Å². The molecule has 0 radical (unpaired) electrons. The number of nitrogens with one attached hydrogen (secondary N) is 1. The molecule has 1 N–H and O–H groups in total. The average molecular weight is 495 g/mol. The Hall–Kier alpha value is -2.39. The normalized spacial score (nSPS) is 19.6. The highest BCUT2D eigenvalue weighted by atomic mass is 32.2. The van der Waals surface area contributed by atoms with Gasteiger partial charge in [0.2, 0.25) is 15.9 Å². The molecule has 1 saturated heterocycles. The lowest BCUT2D eigenvalue weighted by molar-refractivity contribution is -0.126. The van der Waals surface area contributed by atoms with Gasteiger partial charge in [0.1, 0.15) is 22.3 Å². The summed E-state index contributed by atoms with van der Waals surface area (Å²) in [5.41, 5.74) is 0.785. The van der Waals surface area contributed by atoms with Crippen molar-refractivity contribution in [2.45, 2.75) is 55.3 Å². The van der Waals surface area contributed by atoms with Crippen LogP contribution in [-0.4, -0.2) is 38.3 Å². The van der Waals surface area contributed by atoms with Crippen LogP contribution in [0.5, 0.6) is 0 Å². The number of carbonyl (C=O) groups is 1. The lowest BCUT2D eigenvalue weighted by Crippen LogP contribution is -2.47. The van der Waals surface area contributed by atoms with Gasteiger partial charge in [-0.05, 0) is 61.6 Å². The maximum absolute atomic E-state index is 14.0. The van der Waals surface area contributed by atoms with Gasteiger partial charge in [0.05, 0.1) is 0 Å². The first-order valence-corrected chi connectivity index (χ1v) is 13.1. The molecule has 34 heavy (non-hydrogen) atoms. The monoisotopic (exact) mass is 494 g/mol. The number of nitrogens with zero attached hydrogens (tertiary/aromatic N) is 1. The van der Waals surface area contributed by atoms with Gasteiger partial charge in [0.25, 0.3) is 0 Å². The Morgan fingerprint density at radius 2 is 1.56 bits per heavy atom. The fourth-order valence-electron chi connectivity index (χ4n) is 5.17. The minimum Gasteiger partial charge on any atom is -0.355 e. The summed E-state index contributed by atoms with van der Waals surface area (Å²) in [5, 5.41) is 3.07. The minimum atomic E-state index is -4.19. The van der Waals surface area contributed by atoms with Crippen molar-refractivity contribution >= 4 is 15.9 Å². The molecule has 2 fully saturated rings. The van der Waals surface area contributed by atoms with E-state index in [1.165, 1.54) is 12.1 Å². The summed E-state index contributed by atoms with van der Waals surface area (Å²) in [6.07, 6.45) is 5.64. The number of amides is 1. The Balaban J connectivity index is 1.38. The average Bonchev–Trinajstić information content (AvgIpc) is 2.85. The number of halogens is 3. The molecule has 1 aliphatic carbocycles. The highest BCUT2D eigenvalue weighted by Crippen LogP contribution is 2.39. The van der Waals surface area contributed by atoms with Crippen LogP contribution in [0.1, 0.15) is 50.5 Å². The fourth-order valence-corrected chi connectivity index (χ4v) is 6.72. The Kier molecular flexibility index (Phi) is 7.33. The van der Waals surface area contributed by atoms with E-state index in [1.807, 2.05) is 0 Å². The van der Waals surface area contributed by atoms with Crippen LogP contribution in [0, 0.1) is 23.4 Å². The van der Waals surface area contributed by atoms with E-state index in [9.17, 15) is 26.4 Å². The standard InChI is InChI=1S/C25H29F3N2O3S/c26-20-6-4-19(5-7-20)25(12-2-1-3-13-25)17-29-24(31)18-10-14-30(15-11-18)34(32,33)23-16-21(27)8-9-22(23)28/h4-9,16,18H,1-3,10-15,17H2,(H,29,31). The van der Waals surface area contributed by atoms with Gasteiger partial charge < -0.3 is 5.32 Å². The van der Waals surface area contributed by atoms with Gasteiger partial charge >= 0.3 is 0 Å². The summed E-state index contributed by atoms with van der Waals surface area (Å²) < 4.78 is 67.7. The smallest absolute Gasteiger partial charge is 0.246 e. The summed E-state index contributed by atoms with van der Waals surface area (Å²) >= 11 is 0. The van der Waals surface area contributed by atoms with Crippen LogP contribution >= 0.6 is 0 Å². The number of sulfonamides is 1. The van der Waals surface area contributed by atoms with Crippen molar-refractivity contribution in [1.82, 2.24) is 9.62 Å². The second-order valence-electron chi connectivity index (χ2n) is 9.32. The molecule has 0 unspecified atom stereocenters. The van der Waals surface area contributed by atoms with Crippen LogP contribution in [0.4, 0.5) is 13.2 Å². The molecule has 184 valence electrons. The quantitative estimate of drug-likeness (QED) is 0.642. The first kappa shape index (κ1) is 24.7. The first-order valence-electron chi connectivity index (χ1n) is 11.7. The number of benzene rings is 2. The molecule has 0 aromatic heterocycles. The zero-order valence-electron chi connectivity index (χ0n) is 18.9. The second-order valence-corrected chi connectivity index (χ2v) is 11.2. The summed E-state index contributed by atoms with van der Waals surface area (Å²) in [4.78, 5) is 12.3. The molecule has 4 rings (SSSR count). The maximum atomic E-state index is 14.0. The number of rotatable bonds is 6. The predicted octanol–water partition coefficient (Wildman–Crippen LogP) is 4.52. The van der Waals surface area contributed by atoms with E-state index in [-0.39, 0.29) is 36.1 Å². The second kappa shape index (κ2) is 10.1. The molecule has 1 amide bonds. The Bertz CT molecular complexity index is 1120. The van der Waals surface area contributed by atoms with Crippen molar-refractivity contribution in [3.63, 3.8) is 0 Å². The van der Waals surface area contributed by atoms with Crippen molar-refractivity contribution < 1.29 is 26.4 Å². The van der Waals surface area contributed by atoms with Crippen molar-refractivity contribution in [2.24, 2.45) is 5.92 Å². The molecule has 1 saturated carbocycles. The number of piperidine rings is 1. The zero-order valence-corrected chi connectivity index (χ0v) is 19.7. The lowest BCUT2D eigenvalue weighted by atomic mass is 9.69. The molecule has 1 aliphatic heterocycles. The Morgan fingerprint density at radius 1 is 0.941 bits per heavy atom. The molecule has 0 atom stereocenters. The number of hydrogen-bond acceptors (Lipinski definition) is 3. The maximum Gasteiger partial charge on any atom is 0.246 e. The Morgan fingerprint density at radius 3 is 2.21 bits per heavy atom. The van der Waals surface area contributed by atoms with Crippen molar-refractivity contribution in [3.8, 4) is 0 Å². The highest BCUT2D eigenvalue weighted by Gasteiger charge is 2.37. The van der Waals surface area contributed by atoms with Crippen molar-refractivity contribution in [2.75, 3.05) is 19.6 Å². The number of hydrogen-bond donors (Lipinski definition) is 1. The topological polar surface area (TPSA) is 66.5 Å². The van der Waals surface area contributed by atoms with Gasteiger partial charge in [0, 0.05) is 31.0 Å². The molecule has 2 aliphatic rings. The van der Waals surface area contributed by atoms with E-state index in [0.29, 0.717) is 25.5 Å². The minimum absolute atomic E-state index is 0.0550. The molecular weight excluding hydrogens is 465 g/mol. The largest absolute Gasteiger partial charge is 0.355 e. The van der Waals surface area contributed by atoms with E-state index in [0.717, 1.165) is 54.1 Å². The van der Waals surface area contributed by atoms with Crippen molar-refractivity contribution in [3.05, 3.63) is 65.5 Å². The van der Waals surface area contributed by atoms with Crippen LogP contribution in [0.25, 0.3) is 0 Å². The molecule has 0 bridgehead atoms. The van der Waals surface area contributed by atoms with Crippen LogP contribution in [-0.2, 0) is 20.2 Å². The van der Waals surface area contributed by atoms with E-state index in [1.54, 1.807) is 12.1 Å². The molecule has 2 aromatic rings. The van der Waals surface area contributed by atoms with Gasteiger partial charge in [-0.1, -0.05) is 31.4 Å². The molecule has 5 nitrogen and oxygen atoms in total. The van der Waals surface area contributed by atoms with Crippen LogP contribution in [0.2, 0.25) is 0 Å². The van der Waals surface area contributed by atoms with Crippen LogP contribution < -0.4 is 5.32 Å². The zero-order chi connectivity index (χ0) is 24.3. The fraction of sp³-hybridized carbons (Fsp3) is 0.480. The number of carbonyl (C=O) groups excluding carboxylic acids is 1. The molecular formula is C25H29F3N2O3S. The third kappa shape index (κ3) is 5.15. The highest BCUT2D eigenvalue weighted by molar-refractivity contribution is 7.89.